The van der Waals surface area contributed by atoms with E-state index in [0.717, 1.165) is 12.8 Å². The van der Waals surface area contributed by atoms with E-state index in [2.05, 4.69) is 0 Å². The van der Waals surface area contributed by atoms with Gasteiger partial charge in [-0.15, -0.1) is 0 Å². The molecule has 1 saturated carbocycles. The quantitative estimate of drug-likeness (QED) is 0.683. The van der Waals surface area contributed by atoms with Gasteiger partial charge in [0.15, 0.2) is 5.79 Å². The van der Waals surface area contributed by atoms with Gasteiger partial charge < -0.3 is 14.6 Å². The lowest BCUT2D eigenvalue weighted by Gasteiger charge is -2.34. The van der Waals surface area contributed by atoms with Gasteiger partial charge in [0.25, 0.3) is 0 Å². The van der Waals surface area contributed by atoms with Gasteiger partial charge in [-0.1, -0.05) is 11.6 Å². The van der Waals surface area contributed by atoms with Crippen molar-refractivity contribution in [3.05, 3.63) is 11.6 Å². The van der Waals surface area contributed by atoms with Gasteiger partial charge in [-0.05, 0) is 26.7 Å². The first-order valence-corrected chi connectivity index (χ1v) is 5.24. The Morgan fingerprint density at radius 1 is 1.57 bits per heavy atom. The standard InChI is InChI=1S/C11H18O3/c1-11(2)13-7-10(14-11)9-4-3-8(9)5-6-12/h5,9-10,12H,3-4,6-7H2,1-2H3/b8-5+. The lowest BCUT2D eigenvalue weighted by molar-refractivity contribution is -0.144. The molecule has 2 atom stereocenters. The molecule has 0 amide bonds. The predicted octanol–water partition coefficient (Wildman–Crippen LogP) is 1.47. The van der Waals surface area contributed by atoms with E-state index in [1.54, 1.807) is 0 Å². The topological polar surface area (TPSA) is 38.7 Å². The number of aliphatic hydroxyl groups is 1. The summed E-state index contributed by atoms with van der Waals surface area (Å²) in [7, 11) is 0. The van der Waals surface area contributed by atoms with Gasteiger partial charge >= 0.3 is 0 Å². The molecule has 14 heavy (non-hydrogen) atoms. The fourth-order valence-electron chi connectivity index (χ4n) is 2.19. The number of ether oxygens (including phenoxy) is 2. The minimum absolute atomic E-state index is 0.142. The second-order valence-corrected chi connectivity index (χ2v) is 4.47. The number of rotatable bonds is 2. The maximum absolute atomic E-state index is 8.82. The van der Waals surface area contributed by atoms with E-state index in [4.69, 9.17) is 14.6 Å². The third-order valence-corrected chi connectivity index (χ3v) is 3.05. The molecule has 2 rings (SSSR count). The summed E-state index contributed by atoms with van der Waals surface area (Å²) in [5.41, 5.74) is 1.33. The fraction of sp³-hybridized carbons (Fsp3) is 0.818. The minimum Gasteiger partial charge on any atom is -0.392 e. The SMILES string of the molecule is CC1(C)OCC(C2CC/C2=C\CO)O1. The van der Waals surface area contributed by atoms with Crippen molar-refractivity contribution in [1.29, 1.82) is 0 Å². The highest BCUT2D eigenvalue weighted by molar-refractivity contribution is 5.17. The van der Waals surface area contributed by atoms with Crippen LogP contribution in [0.25, 0.3) is 0 Å². The number of aliphatic hydroxyl groups excluding tert-OH is 1. The summed E-state index contributed by atoms with van der Waals surface area (Å²) < 4.78 is 11.3. The molecule has 0 spiro atoms. The van der Waals surface area contributed by atoms with Crippen molar-refractivity contribution < 1.29 is 14.6 Å². The van der Waals surface area contributed by atoms with Gasteiger partial charge in [0.2, 0.25) is 0 Å². The molecule has 80 valence electrons. The van der Waals surface area contributed by atoms with Gasteiger partial charge in [0, 0.05) is 5.92 Å². The molecule has 2 unspecified atom stereocenters. The summed E-state index contributed by atoms with van der Waals surface area (Å²) in [5.74, 6) is 0.0498. The highest BCUT2D eigenvalue weighted by Gasteiger charge is 2.41. The monoisotopic (exact) mass is 198 g/mol. The van der Waals surface area contributed by atoms with Crippen LogP contribution in [0, 0.1) is 5.92 Å². The predicted molar refractivity (Wildman–Crippen MR) is 52.8 cm³/mol. The summed E-state index contributed by atoms with van der Waals surface area (Å²) >= 11 is 0. The van der Waals surface area contributed by atoms with Crippen LogP contribution in [0.3, 0.4) is 0 Å². The Hall–Kier alpha value is -0.380. The highest BCUT2D eigenvalue weighted by atomic mass is 16.7. The zero-order valence-corrected chi connectivity index (χ0v) is 8.82. The molecule has 3 nitrogen and oxygen atoms in total. The van der Waals surface area contributed by atoms with Crippen LogP contribution in [0.2, 0.25) is 0 Å². The average Bonchev–Trinajstić information content (AvgIpc) is 2.40. The second kappa shape index (κ2) is 3.65. The van der Waals surface area contributed by atoms with Crippen LogP contribution in [-0.4, -0.2) is 30.2 Å². The molecule has 0 radical (unpaired) electrons. The maximum Gasteiger partial charge on any atom is 0.163 e. The van der Waals surface area contributed by atoms with Crippen molar-refractivity contribution in [3.63, 3.8) is 0 Å². The summed E-state index contributed by atoms with van der Waals surface area (Å²) in [6, 6.07) is 0. The molecule has 0 bridgehead atoms. The normalized spacial score (nSPS) is 38.6. The third-order valence-electron chi connectivity index (χ3n) is 3.05. The van der Waals surface area contributed by atoms with Crippen molar-refractivity contribution in [2.24, 2.45) is 5.92 Å². The summed E-state index contributed by atoms with van der Waals surface area (Å²) in [5, 5.41) is 8.82. The zero-order valence-electron chi connectivity index (χ0n) is 8.82. The maximum atomic E-state index is 8.82. The molecule has 1 aliphatic heterocycles. The molecular formula is C11H18O3. The fourth-order valence-corrected chi connectivity index (χ4v) is 2.19. The van der Waals surface area contributed by atoms with Gasteiger partial charge in [-0.25, -0.2) is 0 Å². The molecule has 1 aliphatic carbocycles. The largest absolute Gasteiger partial charge is 0.392 e. The molecule has 2 aliphatic rings. The van der Waals surface area contributed by atoms with Crippen LogP contribution >= 0.6 is 0 Å². The van der Waals surface area contributed by atoms with Crippen molar-refractivity contribution in [2.75, 3.05) is 13.2 Å². The van der Waals surface area contributed by atoms with Crippen LogP contribution < -0.4 is 0 Å². The third kappa shape index (κ3) is 1.85. The van der Waals surface area contributed by atoms with Crippen molar-refractivity contribution >= 4 is 0 Å². The van der Waals surface area contributed by atoms with Gasteiger partial charge in [0.1, 0.15) is 0 Å². The Kier molecular flexibility index (Phi) is 2.64. The van der Waals surface area contributed by atoms with Crippen LogP contribution in [0.1, 0.15) is 26.7 Å². The lowest BCUT2D eigenvalue weighted by Crippen LogP contribution is -2.33. The van der Waals surface area contributed by atoms with E-state index in [-0.39, 0.29) is 12.7 Å². The molecular weight excluding hydrogens is 180 g/mol. The van der Waals surface area contributed by atoms with Crippen LogP contribution in [0.15, 0.2) is 11.6 Å². The first-order chi connectivity index (χ1) is 6.62. The summed E-state index contributed by atoms with van der Waals surface area (Å²) in [4.78, 5) is 0. The first-order valence-electron chi connectivity index (χ1n) is 5.24. The van der Waals surface area contributed by atoms with Crippen molar-refractivity contribution in [1.82, 2.24) is 0 Å². The Morgan fingerprint density at radius 2 is 2.36 bits per heavy atom. The molecule has 0 aromatic heterocycles. The Labute approximate surface area is 84.7 Å². The molecule has 0 aromatic carbocycles. The van der Waals surface area contributed by atoms with Crippen LogP contribution in [0.5, 0.6) is 0 Å². The highest BCUT2D eigenvalue weighted by Crippen LogP contribution is 2.41. The van der Waals surface area contributed by atoms with Gasteiger partial charge in [-0.2, -0.15) is 0 Å². The lowest BCUT2D eigenvalue weighted by atomic mass is 9.76. The molecule has 0 aromatic rings. The molecule has 1 N–H and O–H groups in total. The summed E-state index contributed by atoms with van der Waals surface area (Å²) in [6.45, 7) is 4.71. The van der Waals surface area contributed by atoms with E-state index in [1.807, 2.05) is 19.9 Å². The Morgan fingerprint density at radius 3 is 2.79 bits per heavy atom. The number of hydrogen-bond donors (Lipinski definition) is 1. The average molecular weight is 198 g/mol. The van der Waals surface area contributed by atoms with Crippen LogP contribution in [-0.2, 0) is 9.47 Å². The van der Waals surface area contributed by atoms with Gasteiger partial charge in [0.05, 0.1) is 19.3 Å². The second-order valence-electron chi connectivity index (χ2n) is 4.47. The molecule has 1 heterocycles. The van der Waals surface area contributed by atoms with Crippen molar-refractivity contribution in [2.45, 2.75) is 38.6 Å². The number of hydrogen-bond acceptors (Lipinski definition) is 3. The Balaban J connectivity index is 1.95. The zero-order chi connectivity index (χ0) is 10.2. The van der Waals surface area contributed by atoms with Crippen LogP contribution in [0.4, 0.5) is 0 Å². The molecule has 1 saturated heterocycles. The van der Waals surface area contributed by atoms with Crippen molar-refractivity contribution in [3.8, 4) is 0 Å². The van der Waals surface area contributed by atoms with E-state index in [9.17, 15) is 0 Å². The van der Waals surface area contributed by atoms with E-state index >= 15 is 0 Å². The minimum atomic E-state index is -0.426. The Bertz CT molecular complexity index is 245. The molecule has 3 heteroatoms. The van der Waals surface area contributed by atoms with E-state index in [0.29, 0.717) is 12.5 Å². The van der Waals surface area contributed by atoms with Gasteiger partial charge in [-0.3, -0.25) is 0 Å². The van der Waals surface area contributed by atoms with E-state index < -0.39 is 5.79 Å². The summed E-state index contributed by atoms with van der Waals surface area (Å²) in [6.07, 6.45) is 4.36. The first kappa shape index (κ1) is 10.1. The molecule has 2 fully saturated rings. The van der Waals surface area contributed by atoms with E-state index in [1.165, 1.54) is 5.57 Å². The smallest absolute Gasteiger partial charge is 0.163 e.